The van der Waals surface area contributed by atoms with E-state index in [1.165, 1.54) is 12.5 Å². The molecule has 0 bridgehead atoms. The molecule has 5 aliphatic rings. The second-order valence-electron chi connectivity index (χ2n) is 13.1. The Morgan fingerprint density at radius 2 is 1.89 bits per heavy atom. The van der Waals surface area contributed by atoms with Crippen molar-refractivity contribution in [2.75, 3.05) is 13.2 Å². The van der Waals surface area contributed by atoms with Gasteiger partial charge in [-0.05, 0) is 73.7 Å². The van der Waals surface area contributed by atoms with Gasteiger partial charge in [-0.3, -0.25) is 9.59 Å². The predicted octanol–water partition coefficient (Wildman–Crippen LogP) is 5.88. The Balaban J connectivity index is 1.57. The summed E-state index contributed by atoms with van der Waals surface area (Å²) < 4.78 is 18.2. The number of allylic oxidation sites excluding steroid dienone is 3. The third-order valence-electron chi connectivity index (χ3n) is 11.2. The van der Waals surface area contributed by atoms with Crippen LogP contribution in [0.4, 0.5) is 0 Å². The highest BCUT2D eigenvalue weighted by molar-refractivity contribution is 5.95. The van der Waals surface area contributed by atoms with Gasteiger partial charge < -0.3 is 14.2 Å². The molecule has 0 aromatic carbocycles. The summed E-state index contributed by atoms with van der Waals surface area (Å²) in [6.07, 6.45) is 11.1. The monoisotopic (exact) mass is 484 g/mol. The molecule has 0 radical (unpaired) electrons. The third-order valence-corrected chi connectivity index (χ3v) is 11.2. The minimum atomic E-state index is -0.470. The number of ether oxygens (including phenoxy) is 3. The second-order valence-corrected chi connectivity index (χ2v) is 13.1. The van der Waals surface area contributed by atoms with Crippen molar-refractivity contribution in [3.63, 3.8) is 0 Å². The van der Waals surface area contributed by atoms with Crippen molar-refractivity contribution in [2.24, 2.45) is 45.3 Å². The van der Waals surface area contributed by atoms with Crippen molar-refractivity contribution in [2.45, 2.75) is 93.0 Å². The van der Waals surface area contributed by atoms with Crippen molar-refractivity contribution < 1.29 is 23.8 Å². The fourth-order valence-corrected chi connectivity index (χ4v) is 9.61. The molecule has 0 spiro atoms. The number of hydrogen-bond donors (Lipinski definition) is 0. The lowest BCUT2D eigenvalue weighted by atomic mass is 9.38. The summed E-state index contributed by atoms with van der Waals surface area (Å²) in [6.45, 7) is 16.3. The van der Waals surface area contributed by atoms with Crippen LogP contribution in [0.15, 0.2) is 23.8 Å². The molecule has 1 heterocycles. The van der Waals surface area contributed by atoms with Crippen LogP contribution in [0, 0.1) is 45.3 Å². The molecule has 5 nitrogen and oxygen atoms in total. The highest BCUT2D eigenvalue weighted by Gasteiger charge is 2.69. The molecule has 5 rings (SSSR count). The van der Waals surface area contributed by atoms with E-state index in [-0.39, 0.29) is 46.3 Å². The number of hydrogen-bond acceptors (Lipinski definition) is 5. The quantitative estimate of drug-likeness (QED) is 0.368. The average Bonchev–Trinajstić information content (AvgIpc) is 3.37. The summed E-state index contributed by atoms with van der Waals surface area (Å²) in [5.74, 6) is 1.27. The SMILES string of the molecule is CCOC1OCC[C@@H]1[C@@H]1CC=C2[C@@]3(C)[C@H](CC[C@]21C)[C@@]1(C)C=CC(=O)C(C)(C)[C@@H]1C[C@H]3OC(C)=O. The summed E-state index contributed by atoms with van der Waals surface area (Å²) in [7, 11) is 0. The summed E-state index contributed by atoms with van der Waals surface area (Å²) >= 11 is 0. The molecule has 5 heteroatoms. The van der Waals surface area contributed by atoms with Crippen LogP contribution >= 0.6 is 0 Å². The highest BCUT2D eigenvalue weighted by atomic mass is 16.7. The van der Waals surface area contributed by atoms with Crippen molar-refractivity contribution in [1.29, 1.82) is 0 Å². The van der Waals surface area contributed by atoms with E-state index in [1.54, 1.807) is 0 Å². The maximum absolute atomic E-state index is 13.0. The highest BCUT2D eigenvalue weighted by Crippen LogP contribution is 2.72. The van der Waals surface area contributed by atoms with Crippen LogP contribution in [-0.4, -0.2) is 37.4 Å². The summed E-state index contributed by atoms with van der Waals surface area (Å²) in [5, 5.41) is 0. The van der Waals surface area contributed by atoms with Crippen LogP contribution in [0.2, 0.25) is 0 Å². The molecular formula is C30H44O5. The Hall–Kier alpha value is -1.46. The molecule has 1 unspecified atom stereocenters. The van der Waals surface area contributed by atoms with Gasteiger partial charge in [0.2, 0.25) is 0 Å². The van der Waals surface area contributed by atoms with Crippen LogP contribution in [0.5, 0.6) is 0 Å². The lowest BCUT2D eigenvalue weighted by Gasteiger charge is -2.66. The number of rotatable bonds is 4. The van der Waals surface area contributed by atoms with Gasteiger partial charge in [-0.2, -0.15) is 0 Å². The van der Waals surface area contributed by atoms with Crippen LogP contribution < -0.4 is 0 Å². The van der Waals surface area contributed by atoms with Gasteiger partial charge in [-0.1, -0.05) is 52.3 Å². The Kier molecular flexibility index (Phi) is 5.96. The largest absolute Gasteiger partial charge is 0.462 e. The van der Waals surface area contributed by atoms with E-state index in [4.69, 9.17) is 14.2 Å². The fourth-order valence-electron chi connectivity index (χ4n) is 9.61. The summed E-state index contributed by atoms with van der Waals surface area (Å²) in [4.78, 5) is 25.4. The average molecular weight is 485 g/mol. The Labute approximate surface area is 211 Å². The first-order valence-electron chi connectivity index (χ1n) is 13.8. The topological polar surface area (TPSA) is 61.8 Å². The molecule has 4 aliphatic carbocycles. The molecule has 0 aromatic heterocycles. The van der Waals surface area contributed by atoms with Gasteiger partial charge in [0, 0.05) is 30.3 Å². The molecule has 1 saturated heterocycles. The Bertz CT molecular complexity index is 964. The summed E-state index contributed by atoms with van der Waals surface area (Å²) in [6, 6.07) is 0. The van der Waals surface area contributed by atoms with Crippen LogP contribution in [0.3, 0.4) is 0 Å². The van der Waals surface area contributed by atoms with Gasteiger partial charge in [0.25, 0.3) is 0 Å². The van der Waals surface area contributed by atoms with Gasteiger partial charge in [-0.15, -0.1) is 0 Å². The van der Waals surface area contributed by atoms with Crippen LogP contribution in [-0.2, 0) is 23.8 Å². The molecule has 1 aliphatic heterocycles. The maximum atomic E-state index is 13.0. The third kappa shape index (κ3) is 3.40. The van der Waals surface area contributed by atoms with Gasteiger partial charge >= 0.3 is 5.97 Å². The number of esters is 1. The van der Waals surface area contributed by atoms with E-state index in [2.05, 4.69) is 46.8 Å². The number of carbonyl (C=O) groups excluding carboxylic acids is 2. The predicted molar refractivity (Wildman–Crippen MR) is 134 cm³/mol. The number of ketones is 1. The van der Waals surface area contributed by atoms with Crippen molar-refractivity contribution in [3.8, 4) is 0 Å². The molecule has 0 aromatic rings. The molecule has 3 fully saturated rings. The van der Waals surface area contributed by atoms with Gasteiger partial charge in [0.05, 0.1) is 6.61 Å². The lowest BCUT2D eigenvalue weighted by Crippen LogP contribution is -2.64. The smallest absolute Gasteiger partial charge is 0.302 e. The van der Waals surface area contributed by atoms with E-state index < -0.39 is 5.41 Å². The standard InChI is InChI=1S/C30H44O5/c1-8-33-26-19(13-16-34-26)20-9-10-21-28(20,5)14-11-22-29(6)15-12-24(32)27(3,4)23(29)17-25(30(21,22)7)35-18(2)31/h10,12,15,19-20,22-23,25-26H,8-9,11,13-14,16-17H2,1-7H3/t19-,20+,22-,23+,25-,26?,28+,29-,30+/m1/s1. The molecule has 194 valence electrons. The van der Waals surface area contributed by atoms with E-state index in [9.17, 15) is 9.59 Å². The lowest BCUT2D eigenvalue weighted by molar-refractivity contribution is -0.190. The van der Waals surface area contributed by atoms with Crippen molar-refractivity contribution in [3.05, 3.63) is 23.8 Å². The van der Waals surface area contributed by atoms with Crippen molar-refractivity contribution >= 4 is 11.8 Å². The minimum absolute atomic E-state index is 0.0320. The first-order valence-corrected chi connectivity index (χ1v) is 13.8. The fraction of sp³-hybridized carbons (Fsp3) is 0.800. The van der Waals surface area contributed by atoms with Crippen LogP contribution in [0.25, 0.3) is 0 Å². The number of fused-ring (bicyclic) bond motifs is 5. The summed E-state index contributed by atoms with van der Waals surface area (Å²) in [5.41, 5.74) is 0.655. The Morgan fingerprint density at radius 1 is 1.14 bits per heavy atom. The van der Waals surface area contributed by atoms with Gasteiger partial charge in [0.1, 0.15) is 6.10 Å². The van der Waals surface area contributed by atoms with Gasteiger partial charge in [0.15, 0.2) is 12.1 Å². The van der Waals surface area contributed by atoms with Crippen LogP contribution in [0.1, 0.15) is 80.6 Å². The second kappa shape index (κ2) is 8.28. The zero-order chi connectivity index (χ0) is 25.4. The van der Waals surface area contributed by atoms with Gasteiger partial charge in [-0.25, -0.2) is 0 Å². The van der Waals surface area contributed by atoms with E-state index >= 15 is 0 Å². The first-order chi connectivity index (χ1) is 16.4. The zero-order valence-electron chi connectivity index (χ0n) is 22.7. The van der Waals surface area contributed by atoms with E-state index in [0.29, 0.717) is 24.4 Å². The molecule has 0 N–H and O–H groups in total. The molecular weight excluding hydrogens is 440 g/mol. The zero-order valence-corrected chi connectivity index (χ0v) is 22.7. The molecule has 9 atom stereocenters. The first kappa shape index (κ1) is 25.2. The van der Waals surface area contributed by atoms with E-state index in [1.807, 2.05) is 13.0 Å². The molecule has 35 heavy (non-hydrogen) atoms. The van der Waals surface area contributed by atoms with E-state index in [0.717, 1.165) is 38.7 Å². The van der Waals surface area contributed by atoms with Crippen molar-refractivity contribution in [1.82, 2.24) is 0 Å². The maximum Gasteiger partial charge on any atom is 0.302 e. The minimum Gasteiger partial charge on any atom is -0.462 e. The normalized spacial score (nSPS) is 48.1. The molecule has 0 amide bonds. The molecule has 2 saturated carbocycles. The number of carbonyl (C=O) groups is 2. The Morgan fingerprint density at radius 3 is 2.57 bits per heavy atom.